The van der Waals surface area contributed by atoms with Gasteiger partial charge in [-0.2, -0.15) is 5.10 Å². The zero-order valence-corrected chi connectivity index (χ0v) is 23.7. The van der Waals surface area contributed by atoms with Crippen molar-refractivity contribution in [1.29, 1.82) is 0 Å². The summed E-state index contributed by atoms with van der Waals surface area (Å²) in [5, 5.41) is 7.64. The van der Waals surface area contributed by atoms with Gasteiger partial charge in [0.2, 0.25) is 0 Å². The zero-order chi connectivity index (χ0) is 28.1. The van der Waals surface area contributed by atoms with Crippen molar-refractivity contribution < 1.29 is 4.74 Å². The summed E-state index contributed by atoms with van der Waals surface area (Å²) >= 11 is 7.83. The van der Waals surface area contributed by atoms with E-state index in [2.05, 4.69) is 19.9 Å². The number of rotatable bonds is 6. The maximum Gasteiger partial charge on any atom is 0.316 e. The summed E-state index contributed by atoms with van der Waals surface area (Å²) in [7, 11) is 0. The predicted molar refractivity (Wildman–Crippen MR) is 157 cm³/mol. The average molecular weight is 573 g/mol. The third kappa shape index (κ3) is 4.37. The van der Waals surface area contributed by atoms with Crippen LogP contribution in [0.3, 0.4) is 0 Å². The van der Waals surface area contributed by atoms with E-state index in [0.29, 0.717) is 33.0 Å². The van der Waals surface area contributed by atoms with E-state index in [1.165, 1.54) is 22.1 Å². The molecule has 6 aromatic rings. The van der Waals surface area contributed by atoms with Crippen molar-refractivity contribution in [2.24, 2.45) is 0 Å². The number of hydrogen-bond acceptors (Lipinski definition) is 9. The minimum Gasteiger partial charge on any atom is -0.461 e. The normalized spacial score (nSPS) is 12.4. The first-order chi connectivity index (χ1) is 19.2. The number of nitrogens with two attached hydrogens (primary N) is 1. The molecule has 6 rings (SSSR count). The lowest BCUT2D eigenvalue weighted by molar-refractivity contribution is 0.222. The number of ether oxygens (including phenoxy) is 1. The molecule has 0 aliphatic carbocycles. The van der Waals surface area contributed by atoms with Crippen LogP contribution in [-0.2, 0) is 0 Å². The smallest absolute Gasteiger partial charge is 0.316 e. The van der Waals surface area contributed by atoms with Gasteiger partial charge in [0.05, 0.1) is 23.1 Å². The lowest BCUT2D eigenvalue weighted by Crippen LogP contribution is -2.20. The summed E-state index contributed by atoms with van der Waals surface area (Å²) in [5.74, 6) is 0.278. The molecule has 0 fully saturated rings. The molecule has 40 heavy (non-hydrogen) atoms. The molecule has 12 heteroatoms. The molecule has 0 saturated heterocycles. The number of thiazole rings is 1. The molecule has 10 nitrogen and oxygen atoms in total. The Bertz CT molecular complexity index is 1940. The second-order valence-electron chi connectivity index (χ2n) is 9.73. The number of nitrogen functional groups attached to an aromatic ring is 1. The topological polar surface area (TPSA) is 126 Å². The molecule has 0 unspecified atom stereocenters. The van der Waals surface area contributed by atoms with Gasteiger partial charge in [-0.1, -0.05) is 41.4 Å². The molecule has 0 aliphatic rings. The average Bonchev–Trinajstić information content (AvgIpc) is 3.50. The third-order valence-corrected chi connectivity index (χ3v) is 7.87. The molecule has 0 spiro atoms. The number of aromatic nitrogens is 7. The van der Waals surface area contributed by atoms with E-state index in [1.54, 1.807) is 22.5 Å². The highest BCUT2D eigenvalue weighted by molar-refractivity contribution is 7.16. The van der Waals surface area contributed by atoms with Crippen molar-refractivity contribution in [3.05, 3.63) is 81.1 Å². The Kier molecular flexibility index (Phi) is 6.47. The van der Waals surface area contributed by atoms with Crippen LogP contribution in [0, 0.1) is 6.92 Å². The summed E-state index contributed by atoms with van der Waals surface area (Å²) in [6, 6.07) is 9.69. The first-order valence-corrected chi connectivity index (χ1v) is 13.9. The maximum absolute atomic E-state index is 13.9. The van der Waals surface area contributed by atoms with Gasteiger partial charge in [0.1, 0.15) is 27.8 Å². The minimum atomic E-state index is -0.413. The molecule has 0 saturated carbocycles. The number of halogens is 1. The summed E-state index contributed by atoms with van der Waals surface area (Å²) < 4.78 is 8.89. The number of aryl methyl sites for hydroxylation is 1. The van der Waals surface area contributed by atoms with Gasteiger partial charge < -0.3 is 10.5 Å². The third-order valence-electron chi connectivity index (χ3n) is 6.58. The SMILES string of the molecule is Cc1cccc(-c2c([C@H](C)n3nc(-c4cnc(OC(C)C)nc4)c4c(N)ncnc43)cc3scc(Cl)n3c2=O)c1. The Labute approximate surface area is 238 Å². The van der Waals surface area contributed by atoms with Crippen molar-refractivity contribution >= 4 is 44.6 Å². The molecule has 0 bridgehead atoms. The number of nitrogens with zero attached hydrogens (tertiary/aromatic N) is 7. The molecule has 202 valence electrons. The van der Waals surface area contributed by atoms with Crippen LogP contribution in [0.1, 0.15) is 37.9 Å². The molecule has 0 radical (unpaired) electrons. The molecular weight excluding hydrogens is 548 g/mol. The van der Waals surface area contributed by atoms with Crippen molar-refractivity contribution in [2.75, 3.05) is 5.73 Å². The van der Waals surface area contributed by atoms with Crippen LogP contribution >= 0.6 is 22.9 Å². The molecular formula is C28H25ClN8O2S. The number of fused-ring (bicyclic) bond motifs is 2. The molecule has 2 N–H and O–H groups in total. The standard InChI is InChI=1S/C28H25ClN8O2S/c1-14(2)39-28-31-10-18(11-32-28)24-23-25(30)33-13-34-26(23)37(35-24)16(4)19-9-21-36(20(29)12-40-21)27(38)22(19)17-7-5-6-15(3)8-17/h5-14,16H,1-4H3,(H2,30,33,34)/t16-/m0/s1. The highest BCUT2D eigenvalue weighted by Gasteiger charge is 2.26. The lowest BCUT2D eigenvalue weighted by atomic mass is 9.96. The summed E-state index contributed by atoms with van der Waals surface area (Å²) in [4.78, 5) is 32.1. The Morgan fingerprint density at radius 3 is 2.55 bits per heavy atom. The molecule has 0 amide bonds. The van der Waals surface area contributed by atoms with E-state index in [9.17, 15) is 4.79 Å². The van der Waals surface area contributed by atoms with Crippen LogP contribution < -0.4 is 16.0 Å². The van der Waals surface area contributed by atoms with Crippen LogP contribution in [0.5, 0.6) is 6.01 Å². The van der Waals surface area contributed by atoms with Gasteiger partial charge in [0.15, 0.2) is 5.65 Å². The number of benzene rings is 1. The fourth-order valence-electron chi connectivity index (χ4n) is 4.79. The van der Waals surface area contributed by atoms with Gasteiger partial charge in [-0.25, -0.2) is 24.6 Å². The second kappa shape index (κ2) is 10.00. The van der Waals surface area contributed by atoms with Crippen LogP contribution in [0.4, 0.5) is 5.82 Å². The van der Waals surface area contributed by atoms with Crippen LogP contribution in [0.25, 0.3) is 38.2 Å². The van der Waals surface area contributed by atoms with E-state index >= 15 is 0 Å². The van der Waals surface area contributed by atoms with Crippen molar-refractivity contribution in [1.82, 2.24) is 34.1 Å². The van der Waals surface area contributed by atoms with Crippen molar-refractivity contribution in [3.8, 4) is 28.4 Å². The van der Waals surface area contributed by atoms with Crippen LogP contribution in [-0.4, -0.2) is 40.2 Å². The number of hydrogen-bond donors (Lipinski definition) is 1. The quantitative estimate of drug-likeness (QED) is 0.275. The first-order valence-electron chi connectivity index (χ1n) is 12.6. The zero-order valence-electron chi connectivity index (χ0n) is 22.2. The van der Waals surface area contributed by atoms with Gasteiger partial charge in [-0.15, -0.1) is 11.3 Å². The van der Waals surface area contributed by atoms with Gasteiger partial charge in [-0.3, -0.25) is 9.20 Å². The highest BCUT2D eigenvalue weighted by Crippen LogP contribution is 2.36. The lowest BCUT2D eigenvalue weighted by Gasteiger charge is -2.18. The van der Waals surface area contributed by atoms with Crippen LogP contribution in [0.2, 0.25) is 5.15 Å². The summed E-state index contributed by atoms with van der Waals surface area (Å²) in [6.07, 6.45) is 4.62. The Hall–Kier alpha value is -4.35. The van der Waals surface area contributed by atoms with Gasteiger partial charge in [0, 0.05) is 23.3 Å². The Morgan fingerprint density at radius 1 is 1.05 bits per heavy atom. The van der Waals surface area contributed by atoms with Gasteiger partial charge in [0.25, 0.3) is 5.56 Å². The molecule has 5 heterocycles. The maximum atomic E-state index is 13.9. The fraction of sp³-hybridized carbons (Fsp3) is 0.214. The molecule has 1 atom stereocenters. The van der Waals surface area contributed by atoms with Crippen molar-refractivity contribution in [2.45, 2.75) is 39.8 Å². The highest BCUT2D eigenvalue weighted by atomic mass is 35.5. The number of pyridine rings is 1. The predicted octanol–water partition coefficient (Wildman–Crippen LogP) is 5.57. The Balaban J connectivity index is 1.57. The fourth-order valence-corrected chi connectivity index (χ4v) is 5.94. The number of anilines is 1. The molecule has 1 aromatic carbocycles. The summed E-state index contributed by atoms with van der Waals surface area (Å²) in [5.41, 5.74) is 11.0. The van der Waals surface area contributed by atoms with Gasteiger partial charge >= 0.3 is 6.01 Å². The molecule has 5 aromatic heterocycles. The minimum absolute atomic E-state index is 0.0574. The Morgan fingerprint density at radius 2 is 1.82 bits per heavy atom. The second-order valence-corrected chi connectivity index (χ2v) is 11.0. The van der Waals surface area contributed by atoms with Crippen molar-refractivity contribution in [3.63, 3.8) is 0 Å². The van der Waals surface area contributed by atoms with Gasteiger partial charge in [-0.05, 0) is 44.9 Å². The first kappa shape index (κ1) is 25.9. The van der Waals surface area contributed by atoms with E-state index in [-0.39, 0.29) is 23.5 Å². The largest absolute Gasteiger partial charge is 0.461 e. The van der Waals surface area contributed by atoms with E-state index in [0.717, 1.165) is 21.5 Å². The monoisotopic (exact) mass is 572 g/mol. The van der Waals surface area contributed by atoms with E-state index < -0.39 is 6.04 Å². The summed E-state index contributed by atoms with van der Waals surface area (Å²) in [6.45, 7) is 7.78. The van der Waals surface area contributed by atoms with Crippen LogP contribution in [0.15, 0.2) is 59.2 Å². The van der Waals surface area contributed by atoms with E-state index in [4.69, 9.17) is 27.2 Å². The molecule has 0 aliphatic heterocycles. The van der Waals surface area contributed by atoms with E-state index in [1.807, 2.05) is 58.0 Å².